The Morgan fingerprint density at radius 1 is 1.37 bits per heavy atom. The third-order valence-corrected chi connectivity index (χ3v) is 5.09. The first-order valence-electron chi connectivity index (χ1n) is 6.69. The van der Waals surface area contributed by atoms with Crippen LogP contribution in [0.3, 0.4) is 0 Å². The Labute approximate surface area is 117 Å². The molecule has 4 atom stereocenters. The van der Waals surface area contributed by atoms with Gasteiger partial charge in [-0.3, -0.25) is 4.90 Å². The molecular weight excluding hydrogens is 266 g/mol. The fraction of sp³-hybridized carbons (Fsp3) is 0.833. The van der Waals surface area contributed by atoms with Gasteiger partial charge in [-0.25, -0.2) is 9.59 Å². The molecule has 0 radical (unpaired) electrons. The van der Waals surface area contributed by atoms with Crippen molar-refractivity contribution in [3.63, 3.8) is 0 Å². The SMILES string of the molecule is CC1SCC(C(=O)O)N1C(=O)NC1CCCCC1N. The van der Waals surface area contributed by atoms with Crippen LogP contribution >= 0.6 is 11.8 Å². The lowest BCUT2D eigenvalue weighted by molar-refractivity contribution is -0.141. The number of carbonyl (C=O) groups is 2. The van der Waals surface area contributed by atoms with Gasteiger partial charge in [0, 0.05) is 17.8 Å². The molecule has 1 saturated carbocycles. The van der Waals surface area contributed by atoms with Crippen molar-refractivity contribution in [2.45, 2.75) is 56.1 Å². The van der Waals surface area contributed by atoms with Crippen LogP contribution in [0, 0.1) is 0 Å². The van der Waals surface area contributed by atoms with Crippen molar-refractivity contribution in [2.75, 3.05) is 5.75 Å². The molecule has 4 unspecified atom stereocenters. The van der Waals surface area contributed by atoms with E-state index in [-0.39, 0.29) is 23.5 Å². The number of aliphatic carboxylic acids is 1. The zero-order valence-electron chi connectivity index (χ0n) is 11.0. The standard InChI is InChI=1S/C12H21N3O3S/c1-7-15(10(6-19-7)11(16)17)12(18)14-9-5-3-2-4-8(9)13/h7-10H,2-6,13H2,1H3,(H,14,18)(H,16,17). The maximum absolute atomic E-state index is 12.3. The fourth-order valence-electron chi connectivity index (χ4n) is 2.71. The van der Waals surface area contributed by atoms with Gasteiger partial charge in [0.25, 0.3) is 0 Å². The van der Waals surface area contributed by atoms with E-state index in [0.717, 1.165) is 25.7 Å². The summed E-state index contributed by atoms with van der Waals surface area (Å²) in [5, 5.41) is 11.9. The monoisotopic (exact) mass is 287 g/mol. The van der Waals surface area contributed by atoms with E-state index in [4.69, 9.17) is 10.8 Å². The maximum Gasteiger partial charge on any atom is 0.327 e. The number of carbonyl (C=O) groups excluding carboxylic acids is 1. The van der Waals surface area contributed by atoms with Crippen molar-refractivity contribution in [1.29, 1.82) is 0 Å². The summed E-state index contributed by atoms with van der Waals surface area (Å²) < 4.78 is 0. The third-order valence-electron chi connectivity index (χ3n) is 3.87. The molecule has 0 aromatic rings. The number of thioether (sulfide) groups is 1. The molecule has 1 heterocycles. The van der Waals surface area contributed by atoms with Crippen LogP contribution in [0.1, 0.15) is 32.6 Å². The van der Waals surface area contributed by atoms with Gasteiger partial charge in [0.15, 0.2) is 0 Å². The Kier molecular flexibility index (Phi) is 4.57. The summed E-state index contributed by atoms with van der Waals surface area (Å²) in [4.78, 5) is 24.9. The van der Waals surface area contributed by atoms with E-state index in [2.05, 4.69) is 5.32 Å². The minimum absolute atomic E-state index is 0.0217. The molecule has 108 valence electrons. The summed E-state index contributed by atoms with van der Waals surface area (Å²) in [5.41, 5.74) is 6.00. The van der Waals surface area contributed by atoms with Crippen LogP contribution < -0.4 is 11.1 Å². The number of amides is 2. The van der Waals surface area contributed by atoms with Gasteiger partial charge in [0.05, 0.1) is 5.37 Å². The van der Waals surface area contributed by atoms with Crippen molar-refractivity contribution in [3.8, 4) is 0 Å². The molecule has 2 rings (SSSR count). The molecule has 0 spiro atoms. The maximum atomic E-state index is 12.3. The van der Waals surface area contributed by atoms with Crippen molar-refractivity contribution >= 4 is 23.8 Å². The normalized spacial score (nSPS) is 35.2. The van der Waals surface area contributed by atoms with Gasteiger partial charge in [-0.2, -0.15) is 0 Å². The number of nitrogens with two attached hydrogens (primary N) is 1. The highest BCUT2D eigenvalue weighted by Crippen LogP contribution is 2.29. The van der Waals surface area contributed by atoms with Crippen LogP contribution in [0.5, 0.6) is 0 Å². The number of carboxylic acids is 1. The average molecular weight is 287 g/mol. The zero-order chi connectivity index (χ0) is 14.0. The van der Waals surface area contributed by atoms with Gasteiger partial charge >= 0.3 is 12.0 Å². The van der Waals surface area contributed by atoms with Crippen molar-refractivity contribution < 1.29 is 14.7 Å². The van der Waals surface area contributed by atoms with Gasteiger partial charge in [-0.15, -0.1) is 11.8 Å². The molecule has 6 nitrogen and oxygen atoms in total. The number of hydrogen-bond acceptors (Lipinski definition) is 4. The van der Waals surface area contributed by atoms with E-state index in [0.29, 0.717) is 5.75 Å². The van der Waals surface area contributed by atoms with Crippen LogP contribution in [0.2, 0.25) is 0 Å². The summed E-state index contributed by atoms with van der Waals surface area (Å²) in [6.45, 7) is 1.86. The Bertz CT molecular complexity index is 366. The quantitative estimate of drug-likeness (QED) is 0.698. The van der Waals surface area contributed by atoms with E-state index in [1.165, 1.54) is 16.7 Å². The molecule has 1 aliphatic heterocycles. The highest BCUT2D eigenvalue weighted by Gasteiger charge is 2.40. The molecule has 2 fully saturated rings. The van der Waals surface area contributed by atoms with Gasteiger partial charge in [0.1, 0.15) is 6.04 Å². The summed E-state index contributed by atoms with van der Waals surface area (Å²) in [6, 6.07) is -1.09. The number of nitrogens with one attached hydrogen (secondary N) is 1. The molecule has 0 aromatic carbocycles. The smallest absolute Gasteiger partial charge is 0.327 e. The highest BCUT2D eigenvalue weighted by molar-refractivity contribution is 8.00. The molecular formula is C12H21N3O3S. The topological polar surface area (TPSA) is 95.7 Å². The van der Waals surface area contributed by atoms with Crippen LogP contribution in [-0.4, -0.2) is 51.3 Å². The van der Waals surface area contributed by atoms with E-state index >= 15 is 0 Å². The third kappa shape index (κ3) is 3.14. The Hall–Kier alpha value is -0.950. The van der Waals surface area contributed by atoms with E-state index < -0.39 is 12.0 Å². The van der Waals surface area contributed by atoms with Gasteiger partial charge in [-0.1, -0.05) is 12.8 Å². The first-order chi connectivity index (χ1) is 9.00. The first kappa shape index (κ1) is 14.5. The molecule has 1 aliphatic carbocycles. The zero-order valence-corrected chi connectivity index (χ0v) is 11.9. The molecule has 1 saturated heterocycles. The molecule has 7 heteroatoms. The lowest BCUT2D eigenvalue weighted by Crippen LogP contribution is -2.56. The summed E-state index contributed by atoms with van der Waals surface area (Å²) >= 11 is 1.49. The van der Waals surface area contributed by atoms with Crippen LogP contribution in [-0.2, 0) is 4.79 Å². The predicted molar refractivity (Wildman–Crippen MR) is 73.9 cm³/mol. The summed E-state index contributed by atoms with van der Waals surface area (Å²) in [6.07, 6.45) is 3.95. The molecule has 2 amide bonds. The Morgan fingerprint density at radius 3 is 2.68 bits per heavy atom. The number of urea groups is 1. The number of carboxylic acid groups (broad SMARTS) is 1. The second-order valence-corrected chi connectivity index (χ2v) is 6.55. The lowest BCUT2D eigenvalue weighted by Gasteiger charge is -2.33. The van der Waals surface area contributed by atoms with Crippen LogP contribution in [0.15, 0.2) is 0 Å². The summed E-state index contributed by atoms with van der Waals surface area (Å²) in [7, 11) is 0. The van der Waals surface area contributed by atoms with E-state index in [1.807, 2.05) is 6.92 Å². The fourth-order valence-corrected chi connectivity index (χ4v) is 3.88. The second-order valence-electron chi connectivity index (χ2n) is 5.20. The number of nitrogens with zero attached hydrogens (tertiary/aromatic N) is 1. The van der Waals surface area contributed by atoms with Crippen molar-refractivity contribution in [2.24, 2.45) is 5.73 Å². The van der Waals surface area contributed by atoms with Gasteiger partial charge < -0.3 is 16.2 Å². The lowest BCUT2D eigenvalue weighted by atomic mass is 9.91. The second kappa shape index (κ2) is 6.00. The number of rotatable bonds is 2. The molecule has 19 heavy (non-hydrogen) atoms. The molecule has 4 N–H and O–H groups in total. The minimum atomic E-state index is -0.944. The molecule has 0 aromatic heterocycles. The summed E-state index contributed by atoms with van der Waals surface area (Å²) in [5.74, 6) is -0.499. The Balaban J connectivity index is 1.99. The van der Waals surface area contributed by atoms with Gasteiger partial charge in [0.2, 0.25) is 0 Å². The average Bonchev–Trinajstić information content (AvgIpc) is 2.74. The first-order valence-corrected chi connectivity index (χ1v) is 7.74. The highest BCUT2D eigenvalue weighted by atomic mass is 32.2. The van der Waals surface area contributed by atoms with E-state index in [1.54, 1.807) is 0 Å². The van der Waals surface area contributed by atoms with Crippen LogP contribution in [0.4, 0.5) is 4.79 Å². The molecule has 0 bridgehead atoms. The van der Waals surface area contributed by atoms with Crippen LogP contribution in [0.25, 0.3) is 0 Å². The van der Waals surface area contributed by atoms with Crippen molar-refractivity contribution in [3.05, 3.63) is 0 Å². The minimum Gasteiger partial charge on any atom is -0.480 e. The van der Waals surface area contributed by atoms with E-state index in [9.17, 15) is 9.59 Å². The largest absolute Gasteiger partial charge is 0.480 e. The number of hydrogen-bond donors (Lipinski definition) is 3. The van der Waals surface area contributed by atoms with Gasteiger partial charge in [-0.05, 0) is 19.8 Å². The van der Waals surface area contributed by atoms with Crippen molar-refractivity contribution in [1.82, 2.24) is 10.2 Å². The molecule has 2 aliphatic rings. The predicted octanol–water partition coefficient (Wildman–Crippen LogP) is 0.814. The Morgan fingerprint density at radius 2 is 2.05 bits per heavy atom.